The van der Waals surface area contributed by atoms with Crippen molar-refractivity contribution in [1.82, 2.24) is 10.6 Å². The van der Waals surface area contributed by atoms with E-state index in [0.29, 0.717) is 32.3 Å². The Hall–Kier alpha value is -2.28. The second kappa shape index (κ2) is 12.1. The Kier molecular flexibility index (Phi) is 10.1. The molecule has 0 saturated carbocycles. The van der Waals surface area contributed by atoms with Gasteiger partial charge in [-0.25, -0.2) is 0 Å². The predicted octanol–water partition coefficient (Wildman–Crippen LogP) is 1.86. The minimum absolute atomic E-state index is 0.0101. The lowest BCUT2D eigenvalue weighted by molar-refractivity contribution is -0.123. The van der Waals surface area contributed by atoms with Crippen molar-refractivity contribution in [2.75, 3.05) is 45.8 Å². The molecule has 25 heavy (non-hydrogen) atoms. The number of nitrogens with zero attached hydrogens (tertiary/aromatic N) is 1. The molecule has 1 amide bonds. The van der Waals surface area contributed by atoms with E-state index in [-0.39, 0.29) is 11.8 Å². The molecule has 0 unspecified atom stereocenters. The van der Waals surface area contributed by atoms with Crippen LogP contribution in [0.1, 0.15) is 20.3 Å². The van der Waals surface area contributed by atoms with Crippen LogP contribution in [0.4, 0.5) is 5.69 Å². The average Bonchev–Trinajstić information content (AvgIpc) is 2.61. The lowest BCUT2D eigenvalue weighted by atomic mass is 10.2. The van der Waals surface area contributed by atoms with Crippen molar-refractivity contribution in [2.45, 2.75) is 20.3 Å². The number of aliphatic imine (C=N–C) groups is 1. The number of nitrogens with one attached hydrogen (secondary N) is 3. The van der Waals surface area contributed by atoms with Gasteiger partial charge in [0.15, 0.2) is 5.96 Å². The third kappa shape index (κ3) is 8.95. The summed E-state index contributed by atoms with van der Waals surface area (Å²) in [5.41, 5.74) is 0.878. The van der Waals surface area contributed by atoms with E-state index in [4.69, 9.17) is 9.47 Å². The van der Waals surface area contributed by atoms with Crippen LogP contribution in [0.5, 0.6) is 5.75 Å². The van der Waals surface area contributed by atoms with Crippen molar-refractivity contribution < 1.29 is 14.3 Å². The maximum atomic E-state index is 11.5. The summed E-state index contributed by atoms with van der Waals surface area (Å²) in [5.74, 6) is 1.46. The monoisotopic (exact) mass is 350 g/mol. The Morgan fingerprint density at radius 2 is 1.96 bits per heavy atom. The zero-order chi connectivity index (χ0) is 18.5. The number of hydrogen-bond acceptors (Lipinski definition) is 4. The van der Waals surface area contributed by atoms with Gasteiger partial charge in [-0.1, -0.05) is 19.9 Å². The van der Waals surface area contributed by atoms with Gasteiger partial charge in [-0.3, -0.25) is 9.79 Å². The van der Waals surface area contributed by atoms with Crippen LogP contribution in [-0.4, -0.2) is 52.3 Å². The molecule has 0 heterocycles. The normalized spacial score (nSPS) is 11.3. The standard InChI is InChI=1S/C18H30N4O3/c1-14(2)17(23)20-9-10-21-18(19-3)22-15-7-5-8-16(13-15)25-12-6-11-24-4/h5,7-8,13-14H,6,9-12H2,1-4H3,(H,20,23)(H2,19,21,22). The summed E-state index contributed by atoms with van der Waals surface area (Å²) in [6, 6.07) is 7.69. The van der Waals surface area contributed by atoms with Crippen LogP contribution in [0.25, 0.3) is 0 Å². The van der Waals surface area contributed by atoms with Crippen molar-refractivity contribution in [3.63, 3.8) is 0 Å². The van der Waals surface area contributed by atoms with Gasteiger partial charge in [0.05, 0.1) is 6.61 Å². The number of hydrogen-bond donors (Lipinski definition) is 3. The number of anilines is 1. The smallest absolute Gasteiger partial charge is 0.222 e. The largest absolute Gasteiger partial charge is 0.493 e. The zero-order valence-corrected chi connectivity index (χ0v) is 15.6. The number of guanidine groups is 1. The maximum absolute atomic E-state index is 11.5. The summed E-state index contributed by atoms with van der Waals surface area (Å²) in [4.78, 5) is 15.7. The summed E-state index contributed by atoms with van der Waals surface area (Å²) in [7, 11) is 3.38. The van der Waals surface area contributed by atoms with Crippen LogP contribution in [0.2, 0.25) is 0 Å². The lowest BCUT2D eigenvalue weighted by Crippen LogP contribution is -2.38. The third-order valence-electron chi connectivity index (χ3n) is 3.32. The summed E-state index contributed by atoms with van der Waals surface area (Å²) >= 11 is 0. The minimum atomic E-state index is -0.0101. The Morgan fingerprint density at radius 3 is 2.64 bits per heavy atom. The SMILES string of the molecule is CN=C(NCCNC(=O)C(C)C)Nc1cccc(OCCCOC)c1. The van der Waals surface area contributed by atoms with Gasteiger partial charge in [-0.2, -0.15) is 0 Å². The van der Waals surface area contributed by atoms with E-state index in [2.05, 4.69) is 20.9 Å². The van der Waals surface area contributed by atoms with Crippen LogP contribution >= 0.6 is 0 Å². The second-order valence-electron chi connectivity index (χ2n) is 5.79. The molecule has 3 N–H and O–H groups in total. The molecular weight excluding hydrogens is 320 g/mol. The van der Waals surface area contributed by atoms with Gasteiger partial charge in [0.25, 0.3) is 0 Å². The summed E-state index contributed by atoms with van der Waals surface area (Å²) < 4.78 is 10.7. The molecule has 0 aliphatic carbocycles. The number of benzene rings is 1. The minimum Gasteiger partial charge on any atom is -0.493 e. The van der Waals surface area contributed by atoms with E-state index in [1.807, 2.05) is 38.1 Å². The van der Waals surface area contributed by atoms with Crippen molar-refractivity contribution in [3.05, 3.63) is 24.3 Å². The Labute approximate surface area is 150 Å². The molecule has 0 fully saturated rings. The molecule has 7 nitrogen and oxygen atoms in total. The highest BCUT2D eigenvalue weighted by atomic mass is 16.5. The van der Waals surface area contributed by atoms with E-state index in [9.17, 15) is 4.79 Å². The Balaban J connectivity index is 2.40. The highest BCUT2D eigenvalue weighted by molar-refractivity contribution is 5.93. The molecule has 1 aromatic carbocycles. The van der Waals surface area contributed by atoms with Crippen molar-refractivity contribution in [2.24, 2.45) is 10.9 Å². The van der Waals surface area contributed by atoms with E-state index < -0.39 is 0 Å². The van der Waals surface area contributed by atoms with Crippen LogP contribution in [-0.2, 0) is 9.53 Å². The van der Waals surface area contributed by atoms with E-state index in [1.54, 1.807) is 14.2 Å². The fourth-order valence-corrected chi connectivity index (χ4v) is 1.94. The molecule has 0 bridgehead atoms. The molecule has 0 aromatic heterocycles. The molecule has 0 spiro atoms. The molecule has 0 radical (unpaired) electrons. The molecule has 140 valence electrons. The molecule has 0 saturated heterocycles. The quantitative estimate of drug-likeness (QED) is 0.341. The number of rotatable bonds is 10. The maximum Gasteiger partial charge on any atom is 0.222 e. The van der Waals surface area contributed by atoms with Crippen LogP contribution in [0.15, 0.2) is 29.3 Å². The Bertz CT molecular complexity index is 547. The van der Waals surface area contributed by atoms with Crippen molar-refractivity contribution >= 4 is 17.6 Å². The van der Waals surface area contributed by atoms with Crippen LogP contribution < -0.4 is 20.7 Å². The first-order valence-corrected chi connectivity index (χ1v) is 8.54. The number of methoxy groups -OCH3 is 1. The van der Waals surface area contributed by atoms with Gasteiger partial charge >= 0.3 is 0 Å². The first kappa shape index (κ1) is 20.8. The number of ether oxygens (including phenoxy) is 2. The highest BCUT2D eigenvalue weighted by Gasteiger charge is 2.05. The third-order valence-corrected chi connectivity index (χ3v) is 3.32. The van der Waals surface area contributed by atoms with E-state index >= 15 is 0 Å². The predicted molar refractivity (Wildman–Crippen MR) is 101 cm³/mol. The van der Waals surface area contributed by atoms with Crippen molar-refractivity contribution in [1.29, 1.82) is 0 Å². The van der Waals surface area contributed by atoms with Crippen LogP contribution in [0.3, 0.4) is 0 Å². The average molecular weight is 350 g/mol. The molecule has 0 atom stereocenters. The van der Waals surface area contributed by atoms with Gasteiger partial charge in [0, 0.05) is 57.9 Å². The molecule has 0 aliphatic rings. The van der Waals surface area contributed by atoms with Gasteiger partial charge in [-0.15, -0.1) is 0 Å². The molecular formula is C18H30N4O3. The molecule has 1 aromatic rings. The fourth-order valence-electron chi connectivity index (χ4n) is 1.94. The second-order valence-corrected chi connectivity index (χ2v) is 5.79. The number of amides is 1. The lowest BCUT2D eigenvalue weighted by Gasteiger charge is -2.14. The highest BCUT2D eigenvalue weighted by Crippen LogP contribution is 2.17. The van der Waals surface area contributed by atoms with Gasteiger partial charge < -0.3 is 25.4 Å². The number of carbonyl (C=O) groups is 1. The van der Waals surface area contributed by atoms with Gasteiger partial charge in [-0.05, 0) is 12.1 Å². The first-order chi connectivity index (χ1) is 12.1. The molecule has 7 heteroatoms. The topological polar surface area (TPSA) is 84.0 Å². The first-order valence-electron chi connectivity index (χ1n) is 8.54. The zero-order valence-electron chi connectivity index (χ0n) is 15.6. The summed E-state index contributed by atoms with van der Waals surface area (Å²) in [6.45, 7) is 6.16. The van der Waals surface area contributed by atoms with E-state index in [0.717, 1.165) is 17.9 Å². The summed E-state index contributed by atoms with van der Waals surface area (Å²) in [6.07, 6.45) is 0.847. The summed E-state index contributed by atoms with van der Waals surface area (Å²) in [5, 5.41) is 9.21. The molecule has 0 aliphatic heterocycles. The van der Waals surface area contributed by atoms with Crippen molar-refractivity contribution in [3.8, 4) is 5.75 Å². The Morgan fingerprint density at radius 1 is 1.20 bits per heavy atom. The molecule has 1 rings (SSSR count). The van der Waals surface area contributed by atoms with Gasteiger partial charge in [0.2, 0.25) is 5.91 Å². The van der Waals surface area contributed by atoms with E-state index in [1.165, 1.54) is 0 Å². The number of carbonyl (C=O) groups excluding carboxylic acids is 1. The fraction of sp³-hybridized carbons (Fsp3) is 0.556. The van der Waals surface area contributed by atoms with Crippen LogP contribution in [0, 0.1) is 5.92 Å². The van der Waals surface area contributed by atoms with Gasteiger partial charge in [0.1, 0.15) is 5.75 Å².